The average Bonchev–Trinajstić information content (AvgIpc) is 3.11. The summed E-state index contributed by atoms with van der Waals surface area (Å²) < 4.78 is 0. The number of hydrogen-bond acceptors (Lipinski definition) is 5. The highest BCUT2D eigenvalue weighted by Gasteiger charge is 2.34. The molecule has 0 radical (unpaired) electrons. The fraction of sp³-hybridized carbons (Fsp3) is 0.714. The molecule has 2 fully saturated rings. The van der Waals surface area contributed by atoms with Gasteiger partial charge in [0.2, 0.25) is 5.95 Å². The average molecular weight is 261 g/mol. The van der Waals surface area contributed by atoms with Gasteiger partial charge in [0, 0.05) is 43.5 Å². The number of anilines is 2. The van der Waals surface area contributed by atoms with Crippen LogP contribution in [0.2, 0.25) is 0 Å². The van der Waals surface area contributed by atoms with Gasteiger partial charge in [-0.05, 0) is 33.1 Å². The van der Waals surface area contributed by atoms with Crippen LogP contribution in [0.1, 0.15) is 31.9 Å². The summed E-state index contributed by atoms with van der Waals surface area (Å²) in [5, 5.41) is 6.74. The number of likely N-dealkylation sites (tertiary alicyclic amines) is 1. The van der Waals surface area contributed by atoms with Crippen LogP contribution >= 0.6 is 0 Å². The first-order chi connectivity index (χ1) is 9.24. The third-order valence-corrected chi connectivity index (χ3v) is 3.82. The molecule has 1 aliphatic carbocycles. The number of aryl methyl sites for hydroxylation is 1. The molecule has 1 atom stereocenters. The van der Waals surface area contributed by atoms with Gasteiger partial charge >= 0.3 is 0 Å². The lowest BCUT2D eigenvalue weighted by Gasteiger charge is -2.16. The molecule has 0 spiro atoms. The molecule has 19 heavy (non-hydrogen) atoms. The van der Waals surface area contributed by atoms with Gasteiger partial charge in [0.15, 0.2) is 0 Å². The number of rotatable bonds is 5. The molecule has 0 aromatic carbocycles. The zero-order chi connectivity index (χ0) is 13.2. The van der Waals surface area contributed by atoms with Gasteiger partial charge < -0.3 is 10.6 Å². The summed E-state index contributed by atoms with van der Waals surface area (Å²) in [5.74, 6) is 1.67. The molecular weight excluding hydrogens is 238 g/mol. The van der Waals surface area contributed by atoms with Gasteiger partial charge in [-0.2, -0.15) is 4.98 Å². The molecule has 1 saturated carbocycles. The number of nitrogens with one attached hydrogen (secondary N) is 2. The fourth-order valence-corrected chi connectivity index (χ4v) is 2.77. The minimum absolute atomic E-state index is 0.532. The first-order valence-corrected chi connectivity index (χ1v) is 7.34. The van der Waals surface area contributed by atoms with E-state index < -0.39 is 0 Å². The third-order valence-electron chi connectivity index (χ3n) is 3.82. The van der Waals surface area contributed by atoms with Gasteiger partial charge in [-0.25, -0.2) is 4.98 Å². The van der Waals surface area contributed by atoms with Crippen molar-refractivity contribution in [2.45, 2.75) is 45.2 Å². The highest BCUT2D eigenvalue weighted by atomic mass is 15.2. The molecule has 2 heterocycles. The SMILES string of the molecule is CCNc1nc(C)cc(NC2CCN(C3CC3)C2)n1. The van der Waals surface area contributed by atoms with Crippen molar-refractivity contribution in [3.05, 3.63) is 11.8 Å². The predicted molar refractivity (Wildman–Crippen MR) is 77.6 cm³/mol. The van der Waals surface area contributed by atoms with E-state index in [0.717, 1.165) is 36.6 Å². The first kappa shape index (κ1) is 12.7. The van der Waals surface area contributed by atoms with Crippen LogP contribution in [0.15, 0.2) is 6.07 Å². The molecule has 1 aliphatic heterocycles. The Morgan fingerprint density at radius 2 is 2.16 bits per heavy atom. The summed E-state index contributed by atoms with van der Waals surface area (Å²) in [6.07, 6.45) is 4.00. The highest BCUT2D eigenvalue weighted by Crippen LogP contribution is 2.30. The normalized spacial score (nSPS) is 23.6. The van der Waals surface area contributed by atoms with Gasteiger partial charge in [0.25, 0.3) is 0 Å². The smallest absolute Gasteiger partial charge is 0.224 e. The van der Waals surface area contributed by atoms with Crippen LogP contribution in [-0.4, -0.2) is 46.6 Å². The van der Waals surface area contributed by atoms with E-state index in [-0.39, 0.29) is 0 Å². The summed E-state index contributed by atoms with van der Waals surface area (Å²) in [6.45, 7) is 7.31. The van der Waals surface area contributed by atoms with Crippen LogP contribution in [0.5, 0.6) is 0 Å². The number of nitrogens with zero attached hydrogens (tertiary/aromatic N) is 3. The highest BCUT2D eigenvalue weighted by molar-refractivity contribution is 5.43. The molecule has 5 nitrogen and oxygen atoms in total. The Balaban J connectivity index is 1.62. The molecule has 0 bridgehead atoms. The second kappa shape index (κ2) is 5.33. The van der Waals surface area contributed by atoms with E-state index in [0.29, 0.717) is 6.04 Å². The second-order valence-corrected chi connectivity index (χ2v) is 5.60. The Labute approximate surface area is 114 Å². The molecule has 2 N–H and O–H groups in total. The summed E-state index contributed by atoms with van der Waals surface area (Å²) in [5.41, 5.74) is 1.01. The largest absolute Gasteiger partial charge is 0.366 e. The van der Waals surface area contributed by atoms with Crippen LogP contribution in [0.3, 0.4) is 0 Å². The molecule has 5 heteroatoms. The van der Waals surface area contributed by atoms with Gasteiger partial charge in [0.05, 0.1) is 0 Å². The fourth-order valence-electron chi connectivity index (χ4n) is 2.77. The molecule has 0 amide bonds. The summed E-state index contributed by atoms with van der Waals surface area (Å²) in [6, 6.07) is 3.43. The lowest BCUT2D eigenvalue weighted by Crippen LogP contribution is -2.28. The van der Waals surface area contributed by atoms with Gasteiger partial charge in [-0.1, -0.05) is 0 Å². The van der Waals surface area contributed by atoms with E-state index in [1.165, 1.54) is 25.8 Å². The molecule has 1 aromatic heterocycles. The van der Waals surface area contributed by atoms with Crippen molar-refractivity contribution in [1.82, 2.24) is 14.9 Å². The van der Waals surface area contributed by atoms with Crippen molar-refractivity contribution in [3.8, 4) is 0 Å². The maximum atomic E-state index is 4.52. The minimum atomic E-state index is 0.532. The first-order valence-electron chi connectivity index (χ1n) is 7.34. The van der Waals surface area contributed by atoms with E-state index >= 15 is 0 Å². The molecular formula is C14H23N5. The molecule has 104 valence electrons. The quantitative estimate of drug-likeness (QED) is 0.847. The molecule has 1 saturated heterocycles. The monoisotopic (exact) mass is 261 g/mol. The zero-order valence-corrected chi connectivity index (χ0v) is 11.8. The van der Waals surface area contributed by atoms with Gasteiger partial charge in [0.1, 0.15) is 5.82 Å². The zero-order valence-electron chi connectivity index (χ0n) is 11.8. The predicted octanol–water partition coefficient (Wildman–Crippen LogP) is 1.87. The van der Waals surface area contributed by atoms with E-state index in [2.05, 4.69) is 32.4 Å². The molecule has 1 aromatic rings. The van der Waals surface area contributed by atoms with E-state index in [9.17, 15) is 0 Å². The topological polar surface area (TPSA) is 53.1 Å². The second-order valence-electron chi connectivity index (χ2n) is 5.60. The van der Waals surface area contributed by atoms with Crippen molar-refractivity contribution in [3.63, 3.8) is 0 Å². The van der Waals surface area contributed by atoms with Crippen molar-refractivity contribution in [2.75, 3.05) is 30.3 Å². The van der Waals surface area contributed by atoms with Crippen molar-refractivity contribution in [1.29, 1.82) is 0 Å². The van der Waals surface area contributed by atoms with Crippen LogP contribution in [0.25, 0.3) is 0 Å². The van der Waals surface area contributed by atoms with Crippen LogP contribution < -0.4 is 10.6 Å². The number of hydrogen-bond donors (Lipinski definition) is 2. The standard InChI is InChI=1S/C14H23N5/c1-3-15-14-16-10(2)8-13(18-14)17-11-6-7-19(9-11)12-4-5-12/h8,11-12H,3-7,9H2,1-2H3,(H2,15,16,17,18). The summed E-state index contributed by atoms with van der Waals surface area (Å²) >= 11 is 0. The maximum absolute atomic E-state index is 4.52. The Morgan fingerprint density at radius 1 is 1.32 bits per heavy atom. The minimum Gasteiger partial charge on any atom is -0.366 e. The van der Waals surface area contributed by atoms with Crippen LogP contribution in [0.4, 0.5) is 11.8 Å². The number of aromatic nitrogens is 2. The van der Waals surface area contributed by atoms with E-state index in [1.807, 2.05) is 13.0 Å². The van der Waals surface area contributed by atoms with Gasteiger partial charge in [-0.15, -0.1) is 0 Å². The summed E-state index contributed by atoms with van der Waals surface area (Å²) in [7, 11) is 0. The molecule has 2 aliphatic rings. The van der Waals surface area contributed by atoms with Crippen molar-refractivity contribution in [2.24, 2.45) is 0 Å². The van der Waals surface area contributed by atoms with Gasteiger partial charge in [-0.3, -0.25) is 4.90 Å². The maximum Gasteiger partial charge on any atom is 0.224 e. The Hall–Kier alpha value is -1.36. The van der Waals surface area contributed by atoms with Crippen molar-refractivity contribution < 1.29 is 0 Å². The Bertz CT molecular complexity index is 443. The van der Waals surface area contributed by atoms with E-state index in [4.69, 9.17) is 0 Å². The Kier molecular flexibility index (Phi) is 3.55. The summed E-state index contributed by atoms with van der Waals surface area (Å²) in [4.78, 5) is 11.5. The van der Waals surface area contributed by atoms with E-state index in [1.54, 1.807) is 0 Å². The third kappa shape index (κ3) is 3.15. The lowest BCUT2D eigenvalue weighted by molar-refractivity contribution is 0.326. The Morgan fingerprint density at radius 3 is 2.89 bits per heavy atom. The van der Waals surface area contributed by atoms with Crippen LogP contribution in [0, 0.1) is 6.92 Å². The molecule has 1 unspecified atom stereocenters. The molecule has 3 rings (SSSR count). The lowest BCUT2D eigenvalue weighted by atomic mass is 10.2. The van der Waals surface area contributed by atoms with Crippen LogP contribution in [-0.2, 0) is 0 Å². The van der Waals surface area contributed by atoms with Crippen molar-refractivity contribution >= 4 is 11.8 Å².